The Labute approximate surface area is 154 Å². The van der Waals surface area contributed by atoms with Crippen LogP contribution in [0.3, 0.4) is 0 Å². The molecule has 1 aromatic heterocycles. The lowest BCUT2D eigenvalue weighted by Gasteiger charge is -2.16. The van der Waals surface area contributed by atoms with Gasteiger partial charge in [-0.25, -0.2) is 13.4 Å². The third-order valence-corrected chi connectivity index (χ3v) is 5.64. The molecule has 0 aliphatic heterocycles. The summed E-state index contributed by atoms with van der Waals surface area (Å²) in [7, 11) is -3.96. The number of carbonyl (C=O) groups is 2. The molecule has 0 fully saturated rings. The van der Waals surface area contributed by atoms with E-state index in [1.54, 1.807) is 13.8 Å². The molecular formula is C15H18N4O5S2. The number of carbonyl (C=O) groups excluding carboxylic acids is 2. The Balaban J connectivity index is 2.34. The standard InChI is InChI=1S/C15H18N4O5S2/c1-8(2)24-12-6-10(14(16)21)4-5-11(12)19-26(22,23)13-7-17-15(25-13)18-9(3)20/h4-8,19H,1-3H3,(H2,16,21)(H,17,18,20). The van der Waals surface area contributed by atoms with Gasteiger partial charge < -0.3 is 15.8 Å². The Hall–Kier alpha value is -2.66. The molecule has 2 rings (SSSR count). The van der Waals surface area contributed by atoms with E-state index in [9.17, 15) is 18.0 Å². The van der Waals surface area contributed by atoms with Crippen LogP contribution >= 0.6 is 11.3 Å². The van der Waals surface area contributed by atoms with Crippen molar-refractivity contribution in [1.82, 2.24) is 4.98 Å². The molecule has 26 heavy (non-hydrogen) atoms. The average Bonchev–Trinajstić information content (AvgIpc) is 2.96. The number of nitrogens with two attached hydrogens (primary N) is 1. The van der Waals surface area contributed by atoms with Crippen LogP contribution in [0.1, 0.15) is 31.1 Å². The first-order chi connectivity index (χ1) is 12.1. The van der Waals surface area contributed by atoms with Crippen molar-refractivity contribution in [3.63, 3.8) is 0 Å². The van der Waals surface area contributed by atoms with Crippen molar-refractivity contribution in [1.29, 1.82) is 0 Å². The van der Waals surface area contributed by atoms with E-state index in [1.807, 2.05) is 0 Å². The van der Waals surface area contributed by atoms with E-state index in [1.165, 1.54) is 25.1 Å². The second-order valence-electron chi connectivity index (χ2n) is 5.51. The molecule has 0 atom stereocenters. The number of sulfonamides is 1. The number of nitrogens with one attached hydrogen (secondary N) is 2. The van der Waals surface area contributed by atoms with Crippen molar-refractivity contribution in [2.24, 2.45) is 5.73 Å². The molecule has 2 aromatic rings. The molecule has 1 aromatic carbocycles. The fraction of sp³-hybridized carbons (Fsp3) is 0.267. The second-order valence-corrected chi connectivity index (χ2v) is 8.45. The largest absolute Gasteiger partial charge is 0.489 e. The predicted octanol–water partition coefficient (Wildman–Crippen LogP) is 1.79. The number of anilines is 2. The van der Waals surface area contributed by atoms with Crippen LogP contribution in [0.25, 0.3) is 0 Å². The minimum atomic E-state index is -3.96. The van der Waals surface area contributed by atoms with E-state index in [0.29, 0.717) is 0 Å². The van der Waals surface area contributed by atoms with Gasteiger partial charge in [0.05, 0.1) is 18.0 Å². The van der Waals surface area contributed by atoms with Crippen LogP contribution in [0.2, 0.25) is 0 Å². The number of thiazole rings is 1. The predicted molar refractivity (Wildman–Crippen MR) is 98.0 cm³/mol. The molecule has 0 spiro atoms. The maximum atomic E-state index is 12.6. The molecule has 0 aliphatic rings. The summed E-state index contributed by atoms with van der Waals surface area (Å²) in [6.07, 6.45) is 0.884. The molecule has 9 nitrogen and oxygen atoms in total. The van der Waals surface area contributed by atoms with Crippen molar-refractivity contribution in [2.45, 2.75) is 31.1 Å². The molecule has 0 unspecified atom stereocenters. The summed E-state index contributed by atoms with van der Waals surface area (Å²) >= 11 is 0.807. The zero-order chi connectivity index (χ0) is 19.5. The van der Waals surface area contributed by atoms with Gasteiger partial charge in [0, 0.05) is 12.5 Å². The van der Waals surface area contributed by atoms with Crippen LogP contribution in [-0.2, 0) is 14.8 Å². The lowest BCUT2D eigenvalue weighted by Crippen LogP contribution is -2.16. The Bertz CT molecular complexity index is 937. The number of nitrogens with zero attached hydrogens (tertiary/aromatic N) is 1. The highest BCUT2D eigenvalue weighted by Gasteiger charge is 2.21. The molecular weight excluding hydrogens is 380 g/mol. The van der Waals surface area contributed by atoms with E-state index in [2.05, 4.69) is 15.0 Å². The normalized spacial score (nSPS) is 11.2. The molecule has 0 aliphatic carbocycles. The van der Waals surface area contributed by atoms with E-state index in [-0.39, 0.29) is 38.4 Å². The first-order valence-electron chi connectivity index (χ1n) is 7.45. The molecule has 1 heterocycles. The van der Waals surface area contributed by atoms with Crippen molar-refractivity contribution in [3.05, 3.63) is 30.0 Å². The van der Waals surface area contributed by atoms with Crippen molar-refractivity contribution in [3.8, 4) is 5.75 Å². The van der Waals surface area contributed by atoms with Crippen LogP contribution in [0.15, 0.2) is 28.6 Å². The summed E-state index contributed by atoms with van der Waals surface area (Å²) in [5, 5.41) is 2.59. The van der Waals surface area contributed by atoms with Gasteiger partial charge in [-0.05, 0) is 32.0 Å². The van der Waals surface area contributed by atoms with Gasteiger partial charge in [-0.1, -0.05) is 11.3 Å². The van der Waals surface area contributed by atoms with Gasteiger partial charge in [0.2, 0.25) is 11.8 Å². The number of amides is 2. The zero-order valence-electron chi connectivity index (χ0n) is 14.3. The van der Waals surface area contributed by atoms with E-state index in [0.717, 1.165) is 17.5 Å². The van der Waals surface area contributed by atoms with Crippen LogP contribution in [0, 0.1) is 0 Å². The Morgan fingerprint density at radius 3 is 2.58 bits per heavy atom. The second kappa shape index (κ2) is 7.70. The minimum absolute atomic E-state index is 0.0873. The van der Waals surface area contributed by atoms with Gasteiger partial charge in [-0.15, -0.1) is 0 Å². The molecule has 11 heteroatoms. The Morgan fingerprint density at radius 2 is 2.00 bits per heavy atom. The fourth-order valence-electron chi connectivity index (χ4n) is 1.90. The third-order valence-electron chi connectivity index (χ3n) is 2.91. The maximum absolute atomic E-state index is 12.6. The first-order valence-corrected chi connectivity index (χ1v) is 9.75. The number of hydrogen-bond donors (Lipinski definition) is 3. The molecule has 0 saturated heterocycles. The summed E-state index contributed by atoms with van der Waals surface area (Å²) in [5.41, 5.74) is 5.59. The highest BCUT2D eigenvalue weighted by atomic mass is 32.2. The smallest absolute Gasteiger partial charge is 0.273 e. The summed E-state index contributed by atoms with van der Waals surface area (Å²) < 4.78 is 33.0. The molecule has 2 amide bonds. The van der Waals surface area contributed by atoms with Gasteiger partial charge in [0.25, 0.3) is 10.0 Å². The lowest BCUT2D eigenvalue weighted by molar-refractivity contribution is -0.114. The summed E-state index contributed by atoms with van der Waals surface area (Å²) in [6, 6.07) is 4.16. The fourth-order valence-corrected chi connectivity index (χ4v) is 4.05. The number of hydrogen-bond acceptors (Lipinski definition) is 7. The highest BCUT2D eigenvalue weighted by Crippen LogP contribution is 2.31. The van der Waals surface area contributed by atoms with Gasteiger partial charge in [0.15, 0.2) is 9.34 Å². The van der Waals surface area contributed by atoms with Crippen molar-refractivity contribution in [2.75, 3.05) is 10.0 Å². The molecule has 0 saturated carbocycles. The van der Waals surface area contributed by atoms with E-state index < -0.39 is 15.9 Å². The summed E-state index contributed by atoms with van der Waals surface area (Å²) in [6.45, 7) is 4.82. The monoisotopic (exact) mass is 398 g/mol. The van der Waals surface area contributed by atoms with Crippen LogP contribution in [-0.4, -0.2) is 31.3 Å². The minimum Gasteiger partial charge on any atom is -0.489 e. The molecule has 0 radical (unpaired) electrons. The number of aromatic nitrogens is 1. The summed E-state index contributed by atoms with van der Waals surface area (Å²) in [4.78, 5) is 26.2. The van der Waals surface area contributed by atoms with Gasteiger partial charge >= 0.3 is 0 Å². The number of ether oxygens (including phenoxy) is 1. The SMILES string of the molecule is CC(=O)Nc1ncc(S(=O)(=O)Nc2ccc(C(N)=O)cc2OC(C)C)s1. The van der Waals surface area contributed by atoms with Gasteiger partial charge in [0.1, 0.15) is 5.75 Å². The quantitative estimate of drug-likeness (QED) is 0.649. The Morgan fingerprint density at radius 1 is 1.31 bits per heavy atom. The number of rotatable bonds is 7. The van der Waals surface area contributed by atoms with E-state index >= 15 is 0 Å². The number of primary amides is 1. The molecule has 0 bridgehead atoms. The maximum Gasteiger partial charge on any atom is 0.273 e. The van der Waals surface area contributed by atoms with Crippen LogP contribution < -0.4 is 20.5 Å². The van der Waals surface area contributed by atoms with Crippen LogP contribution in [0.5, 0.6) is 5.75 Å². The van der Waals surface area contributed by atoms with Gasteiger partial charge in [-0.2, -0.15) is 0 Å². The molecule has 140 valence electrons. The lowest BCUT2D eigenvalue weighted by atomic mass is 10.2. The third kappa shape index (κ3) is 4.92. The van der Waals surface area contributed by atoms with E-state index in [4.69, 9.17) is 10.5 Å². The van der Waals surface area contributed by atoms with Crippen molar-refractivity contribution < 1.29 is 22.7 Å². The highest BCUT2D eigenvalue weighted by molar-refractivity contribution is 7.94. The zero-order valence-corrected chi connectivity index (χ0v) is 15.9. The Kier molecular flexibility index (Phi) is 5.83. The number of benzene rings is 1. The molecule has 4 N–H and O–H groups in total. The van der Waals surface area contributed by atoms with Crippen LogP contribution in [0.4, 0.5) is 10.8 Å². The van der Waals surface area contributed by atoms with Crippen molar-refractivity contribution >= 4 is 44.0 Å². The average molecular weight is 398 g/mol. The topological polar surface area (TPSA) is 140 Å². The summed E-state index contributed by atoms with van der Waals surface area (Å²) in [5.74, 6) is -0.840. The van der Waals surface area contributed by atoms with Gasteiger partial charge in [-0.3, -0.25) is 14.3 Å². The first kappa shape index (κ1) is 19.7.